The number of halogens is 1. The molecular weight excluding hydrogens is 387 g/mol. The number of nitrogens with zero attached hydrogens (tertiary/aromatic N) is 2. The van der Waals surface area contributed by atoms with Crippen LogP contribution in [0.3, 0.4) is 0 Å². The Labute approximate surface area is 156 Å². The van der Waals surface area contributed by atoms with Crippen molar-refractivity contribution in [3.05, 3.63) is 11.8 Å². The summed E-state index contributed by atoms with van der Waals surface area (Å²) in [5.74, 6) is 0. The van der Waals surface area contributed by atoms with Gasteiger partial charge in [-0.05, 0) is 23.7 Å². The average Bonchev–Trinajstić information content (AvgIpc) is 2.64. The third kappa shape index (κ3) is 4.76. The molecule has 3 rings (SSSR count). The Bertz CT molecular complexity index is 602. The summed E-state index contributed by atoms with van der Waals surface area (Å²) >= 11 is 6.09. The quantitative estimate of drug-likeness (QED) is 0.553. The highest BCUT2D eigenvalue weighted by molar-refractivity contribution is 7.83. The van der Waals surface area contributed by atoms with Gasteiger partial charge in [0, 0.05) is 32.4 Å². The number of amides is 2. The second-order valence-electron chi connectivity index (χ2n) is 6.32. The monoisotopic (exact) mass is 410 g/mol. The fourth-order valence-electron chi connectivity index (χ4n) is 2.87. The third-order valence-electron chi connectivity index (χ3n) is 4.36. The molecule has 0 saturated carbocycles. The summed E-state index contributed by atoms with van der Waals surface area (Å²) < 4.78 is 30.7. The van der Waals surface area contributed by atoms with Crippen LogP contribution in [0.15, 0.2) is 11.8 Å². The molecule has 4 unspecified atom stereocenters. The number of hydrogen-bond donors (Lipinski definition) is 3. The maximum absolute atomic E-state index is 12.6. The SMILES string of the molecule is CC1=CN(C2CNCC(COP(=O)(Cl)N3CCOCC3)O2)C(=O)NC1O. The molecule has 0 aromatic carbocycles. The Morgan fingerprint density at radius 1 is 1.42 bits per heavy atom. The molecular formula is C14H24ClN4O6P. The van der Waals surface area contributed by atoms with Crippen LogP contribution >= 0.6 is 18.1 Å². The summed E-state index contributed by atoms with van der Waals surface area (Å²) in [6.45, 7) is 1.04. The summed E-state index contributed by atoms with van der Waals surface area (Å²) in [7, 11) is 0. The highest BCUT2D eigenvalue weighted by atomic mass is 35.7. The molecule has 148 valence electrons. The third-order valence-corrected chi connectivity index (χ3v) is 6.84. The minimum Gasteiger partial charge on any atom is -0.379 e. The lowest BCUT2D eigenvalue weighted by molar-refractivity contribution is -0.103. The van der Waals surface area contributed by atoms with E-state index in [0.29, 0.717) is 45.0 Å². The van der Waals surface area contributed by atoms with Crippen LogP contribution in [0.5, 0.6) is 0 Å². The first-order chi connectivity index (χ1) is 12.4. The molecule has 3 heterocycles. The number of aliphatic hydroxyl groups excluding tert-OH is 1. The van der Waals surface area contributed by atoms with Crippen molar-refractivity contribution < 1.29 is 28.5 Å². The predicted molar refractivity (Wildman–Crippen MR) is 93.5 cm³/mol. The van der Waals surface area contributed by atoms with Crippen LogP contribution in [0.2, 0.25) is 0 Å². The first kappa shape index (κ1) is 20.0. The van der Waals surface area contributed by atoms with Crippen molar-refractivity contribution in [2.24, 2.45) is 0 Å². The fourth-order valence-corrected chi connectivity index (χ4v) is 4.64. The average molecular weight is 411 g/mol. The van der Waals surface area contributed by atoms with E-state index in [1.165, 1.54) is 4.90 Å². The smallest absolute Gasteiger partial charge is 0.363 e. The second-order valence-corrected chi connectivity index (χ2v) is 9.33. The number of rotatable bonds is 5. The van der Waals surface area contributed by atoms with Crippen LogP contribution in [0.1, 0.15) is 6.92 Å². The number of hydrogen-bond acceptors (Lipinski definition) is 7. The molecule has 2 fully saturated rings. The molecule has 10 nitrogen and oxygen atoms in total. The van der Waals surface area contributed by atoms with Gasteiger partial charge in [-0.3, -0.25) is 9.46 Å². The lowest BCUT2D eigenvalue weighted by atomic mass is 10.2. The molecule has 3 aliphatic rings. The fraction of sp³-hybridized carbons (Fsp3) is 0.786. The van der Waals surface area contributed by atoms with Crippen LogP contribution in [-0.4, -0.2) is 85.3 Å². The number of morpholine rings is 2. The van der Waals surface area contributed by atoms with Crippen molar-refractivity contribution in [2.75, 3.05) is 46.0 Å². The molecule has 3 aliphatic heterocycles. The molecule has 0 radical (unpaired) electrons. The van der Waals surface area contributed by atoms with Crippen LogP contribution in [0, 0.1) is 0 Å². The van der Waals surface area contributed by atoms with Gasteiger partial charge in [-0.15, -0.1) is 0 Å². The van der Waals surface area contributed by atoms with Crippen molar-refractivity contribution >= 4 is 24.1 Å². The first-order valence-electron chi connectivity index (χ1n) is 8.45. The maximum atomic E-state index is 12.6. The highest BCUT2D eigenvalue weighted by Crippen LogP contribution is 2.56. The maximum Gasteiger partial charge on any atom is 0.363 e. The van der Waals surface area contributed by atoms with Crippen LogP contribution in [-0.2, 0) is 18.6 Å². The van der Waals surface area contributed by atoms with Crippen molar-refractivity contribution in [2.45, 2.75) is 25.5 Å². The molecule has 3 N–H and O–H groups in total. The zero-order valence-corrected chi connectivity index (χ0v) is 16.1. The summed E-state index contributed by atoms with van der Waals surface area (Å²) in [6, 6.07) is -0.451. The van der Waals surface area contributed by atoms with E-state index >= 15 is 0 Å². The molecule has 12 heteroatoms. The number of carbonyl (C=O) groups is 1. The van der Waals surface area contributed by atoms with Gasteiger partial charge < -0.3 is 29.7 Å². The van der Waals surface area contributed by atoms with E-state index in [-0.39, 0.29) is 6.61 Å². The van der Waals surface area contributed by atoms with Gasteiger partial charge in [0.15, 0.2) is 12.5 Å². The Kier molecular flexibility index (Phi) is 6.58. The number of ether oxygens (including phenoxy) is 2. The lowest BCUT2D eigenvalue weighted by Gasteiger charge is -2.39. The normalized spacial score (nSPS) is 33.3. The van der Waals surface area contributed by atoms with Crippen LogP contribution in [0.25, 0.3) is 0 Å². The summed E-state index contributed by atoms with van der Waals surface area (Å²) in [6.07, 6.45) is -0.433. The van der Waals surface area contributed by atoms with E-state index in [2.05, 4.69) is 10.6 Å². The Morgan fingerprint density at radius 2 is 2.15 bits per heavy atom. The number of carbonyl (C=O) groups excluding carboxylic acids is 1. The Hall–Kier alpha value is -0.710. The lowest BCUT2D eigenvalue weighted by Crippen LogP contribution is -2.58. The topological polar surface area (TPSA) is 113 Å². The summed E-state index contributed by atoms with van der Waals surface area (Å²) in [4.78, 5) is 13.4. The molecule has 0 aromatic rings. The molecule has 0 spiro atoms. The van der Waals surface area contributed by atoms with Gasteiger partial charge in [-0.25, -0.2) is 9.46 Å². The molecule has 0 aliphatic carbocycles. The van der Waals surface area contributed by atoms with Crippen LogP contribution < -0.4 is 10.6 Å². The number of aliphatic hydroxyl groups is 1. The van der Waals surface area contributed by atoms with Gasteiger partial charge in [-0.1, -0.05) is 0 Å². The Balaban J connectivity index is 1.55. The van der Waals surface area contributed by atoms with E-state index in [1.807, 2.05) is 0 Å². The molecule has 26 heavy (non-hydrogen) atoms. The van der Waals surface area contributed by atoms with E-state index in [4.69, 9.17) is 25.2 Å². The van der Waals surface area contributed by atoms with Crippen molar-refractivity contribution in [3.8, 4) is 0 Å². The van der Waals surface area contributed by atoms with E-state index < -0.39 is 31.5 Å². The van der Waals surface area contributed by atoms with Gasteiger partial charge in [-0.2, -0.15) is 0 Å². The summed E-state index contributed by atoms with van der Waals surface area (Å²) in [5, 5.41) is 15.3. The largest absolute Gasteiger partial charge is 0.379 e. The minimum absolute atomic E-state index is 0.0302. The first-order valence-corrected chi connectivity index (χ1v) is 10.9. The zero-order chi connectivity index (χ0) is 18.7. The van der Waals surface area contributed by atoms with Gasteiger partial charge >= 0.3 is 12.9 Å². The number of urea groups is 1. The highest BCUT2D eigenvalue weighted by Gasteiger charge is 2.36. The Morgan fingerprint density at radius 3 is 2.88 bits per heavy atom. The van der Waals surface area contributed by atoms with Crippen LogP contribution in [0.4, 0.5) is 4.79 Å². The van der Waals surface area contributed by atoms with E-state index in [0.717, 1.165) is 0 Å². The van der Waals surface area contributed by atoms with Crippen molar-refractivity contribution in [1.29, 1.82) is 0 Å². The molecule has 2 saturated heterocycles. The van der Waals surface area contributed by atoms with Gasteiger partial charge in [0.05, 0.1) is 25.9 Å². The van der Waals surface area contributed by atoms with E-state index in [1.54, 1.807) is 17.8 Å². The number of nitrogens with one attached hydrogen (secondary N) is 2. The summed E-state index contributed by atoms with van der Waals surface area (Å²) in [5.41, 5.74) is 0.601. The minimum atomic E-state index is -3.44. The molecule has 2 amide bonds. The van der Waals surface area contributed by atoms with Gasteiger partial charge in [0.25, 0.3) is 0 Å². The van der Waals surface area contributed by atoms with E-state index in [9.17, 15) is 14.5 Å². The van der Waals surface area contributed by atoms with Gasteiger partial charge in [0.2, 0.25) is 0 Å². The molecule has 4 atom stereocenters. The van der Waals surface area contributed by atoms with Gasteiger partial charge in [0.1, 0.15) is 0 Å². The van der Waals surface area contributed by atoms with Crippen molar-refractivity contribution in [1.82, 2.24) is 20.2 Å². The van der Waals surface area contributed by atoms with Crippen molar-refractivity contribution in [3.63, 3.8) is 0 Å². The molecule has 0 aromatic heterocycles. The zero-order valence-electron chi connectivity index (χ0n) is 14.5. The standard InChI is InChI=1S/C14H24ClN4O6P/c1-10-8-19(14(21)17-13(10)20)12-7-16-6-11(25-12)9-24-26(15,22)18-2-4-23-5-3-18/h8,11-13,16,20H,2-7,9H2,1H3,(H,17,21). The molecule has 0 bridgehead atoms. The second kappa shape index (κ2) is 8.53. The predicted octanol–water partition coefficient (Wildman–Crippen LogP) is 0.244.